The van der Waals surface area contributed by atoms with Crippen LogP contribution in [0.2, 0.25) is 0 Å². The maximum Gasteiger partial charge on any atom is 0.407 e. The lowest BCUT2D eigenvalue weighted by molar-refractivity contribution is -0.144. The lowest BCUT2D eigenvalue weighted by Crippen LogP contribution is -2.51. The Kier molecular flexibility index (Phi) is 12.5. The van der Waals surface area contributed by atoms with Crippen LogP contribution in [0.5, 0.6) is 0 Å². The first-order chi connectivity index (χ1) is 23.1. The third kappa shape index (κ3) is 10.1. The quantitative estimate of drug-likeness (QED) is 0.153. The van der Waals surface area contributed by atoms with Gasteiger partial charge in [-0.15, -0.1) is 0 Å². The highest BCUT2D eigenvalue weighted by Crippen LogP contribution is 2.39. The van der Waals surface area contributed by atoms with E-state index < -0.39 is 0 Å². The van der Waals surface area contributed by atoms with Crippen LogP contribution in [0.1, 0.15) is 93.3 Å². The van der Waals surface area contributed by atoms with Gasteiger partial charge in [0.1, 0.15) is 19.6 Å². The molecular formula is C39H56N4O6. The SMILES string of the molecule is Cc1ccc(CCCC(=O)c2ccc(CC[C@]3(C)COC(=O)N3)n2C)cc1.Cn1cccc1CC[C@]1(C)CO[C@H](C(C)(C)C)N1COC=O. The van der Waals surface area contributed by atoms with Crippen LogP contribution in [0.25, 0.3) is 0 Å². The molecule has 0 aliphatic carbocycles. The molecule has 0 bridgehead atoms. The predicted molar refractivity (Wildman–Crippen MR) is 190 cm³/mol. The number of nitrogens with one attached hydrogen (secondary N) is 1. The minimum Gasteiger partial charge on any atom is -0.452 e. The van der Waals surface area contributed by atoms with Crippen LogP contribution in [0, 0.1) is 12.3 Å². The first-order valence-electron chi connectivity index (χ1n) is 17.4. The van der Waals surface area contributed by atoms with Crippen LogP contribution in [0.3, 0.4) is 0 Å². The maximum absolute atomic E-state index is 12.6. The van der Waals surface area contributed by atoms with Crippen LogP contribution < -0.4 is 5.32 Å². The van der Waals surface area contributed by atoms with Crippen molar-refractivity contribution in [3.05, 3.63) is 82.9 Å². The Labute approximate surface area is 292 Å². The number of rotatable bonds is 14. The minimum atomic E-state index is -0.353. The number of aromatic nitrogens is 2. The summed E-state index contributed by atoms with van der Waals surface area (Å²) in [6, 6.07) is 16.6. The highest BCUT2D eigenvalue weighted by atomic mass is 16.6. The van der Waals surface area contributed by atoms with Gasteiger partial charge in [0.05, 0.1) is 17.8 Å². The molecule has 5 rings (SSSR count). The molecule has 2 aliphatic heterocycles. The molecule has 0 unspecified atom stereocenters. The molecule has 0 spiro atoms. The summed E-state index contributed by atoms with van der Waals surface area (Å²) >= 11 is 0. The van der Waals surface area contributed by atoms with E-state index in [2.05, 4.69) is 99.0 Å². The van der Waals surface area contributed by atoms with Crippen molar-refractivity contribution >= 4 is 18.3 Å². The minimum absolute atomic E-state index is 0.0328. The summed E-state index contributed by atoms with van der Waals surface area (Å²) in [5, 5.41) is 2.86. The molecule has 0 radical (unpaired) electrons. The lowest BCUT2D eigenvalue weighted by atomic mass is 9.89. The predicted octanol–water partition coefficient (Wildman–Crippen LogP) is 6.52. The molecule has 0 saturated carbocycles. The number of hydrogen-bond donors (Lipinski definition) is 1. The Morgan fingerprint density at radius 1 is 1.00 bits per heavy atom. The summed E-state index contributed by atoms with van der Waals surface area (Å²) < 4.78 is 20.3. The molecule has 3 atom stereocenters. The number of aryl methyl sites for hydroxylation is 5. The Hall–Kier alpha value is -3.89. The topological polar surface area (TPSA) is 104 Å². The fraction of sp³-hybridized carbons (Fsp3) is 0.564. The van der Waals surface area contributed by atoms with Crippen molar-refractivity contribution in [3.8, 4) is 0 Å². The highest BCUT2D eigenvalue weighted by molar-refractivity contribution is 5.94. The Balaban J connectivity index is 0.000000226. The summed E-state index contributed by atoms with van der Waals surface area (Å²) in [5.41, 5.74) is 5.18. The van der Waals surface area contributed by atoms with Gasteiger partial charge in [0.2, 0.25) is 0 Å². The van der Waals surface area contributed by atoms with E-state index in [4.69, 9.17) is 14.2 Å². The van der Waals surface area contributed by atoms with E-state index in [1.165, 1.54) is 16.8 Å². The molecule has 2 aliphatic rings. The van der Waals surface area contributed by atoms with Crippen molar-refractivity contribution in [2.24, 2.45) is 19.5 Å². The molecule has 2 fully saturated rings. The number of nitrogens with zero attached hydrogens (tertiary/aromatic N) is 3. The number of carbonyl (C=O) groups is 3. The van der Waals surface area contributed by atoms with Crippen molar-refractivity contribution < 1.29 is 28.6 Å². The van der Waals surface area contributed by atoms with Crippen molar-refractivity contribution in [1.82, 2.24) is 19.4 Å². The van der Waals surface area contributed by atoms with Crippen molar-refractivity contribution in [1.29, 1.82) is 0 Å². The third-order valence-electron chi connectivity index (χ3n) is 9.88. The van der Waals surface area contributed by atoms with E-state index in [0.29, 0.717) is 26.1 Å². The van der Waals surface area contributed by atoms with Gasteiger partial charge in [-0.3, -0.25) is 9.59 Å². The first kappa shape index (κ1) is 37.9. The number of benzene rings is 1. The average Bonchev–Trinajstić information content (AvgIpc) is 3.81. The zero-order valence-electron chi connectivity index (χ0n) is 30.7. The fourth-order valence-electron chi connectivity index (χ4n) is 6.64. The molecule has 49 heavy (non-hydrogen) atoms. The van der Waals surface area contributed by atoms with Gasteiger partial charge in [0.25, 0.3) is 6.47 Å². The molecule has 1 aromatic carbocycles. The second-order valence-electron chi connectivity index (χ2n) is 15.3. The molecule has 2 saturated heterocycles. The van der Waals surface area contributed by atoms with Gasteiger partial charge in [-0.1, -0.05) is 50.6 Å². The third-order valence-corrected chi connectivity index (χ3v) is 9.88. The molecule has 4 heterocycles. The number of ketones is 1. The fourth-order valence-corrected chi connectivity index (χ4v) is 6.64. The van der Waals surface area contributed by atoms with Crippen LogP contribution in [0.4, 0.5) is 4.79 Å². The van der Waals surface area contributed by atoms with Crippen molar-refractivity contribution in [3.63, 3.8) is 0 Å². The van der Waals surface area contributed by atoms with Gasteiger partial charge in [-0.2, -0.15) is 0 Å². The Morgan fingerprint density at radius 3 is 2.33 bits per heavy atom. The smallest absolute Gasteiger partial charge is 0.407 e. The summed E-state index contributed by atoms with van der Waals surface area (Å²) in [4.78, 5) is 36.7. The van der Waals surface area contributed by atoms with E-state index >= 15 is 0 Å². The Morgan fingerprint density at radius 2 is 1.71 bits per heavy atom. The number of amides is 1. The molecule has 1 N–H and O–H groups in total. The summed E-state index contributed by atoms with van der Waals surface area (Å²) in [5.74, 6) is 0.180. The van der Waals surface area contributed by atoms with E-state index in [1.54, 1.807) is 0 Å². The lowest BCUT2D eigenvalue weighted by Gasteiger charge is -2.39. The highest BCUT2D eigenvalue weighted by Gasteiger charge is 2.48. The molecule has 10 heteroatoms. The van der Waals surface area contributed by atoms with Gasteiger partial charge in [0.15, 0.2) is 5.78 Å². The van der Waals surface area contributed by atoms with E-state index in [0.717, 1.165) is 49.9 Å². The van der Waals surface area contributed by atoms with Gasteiger partial charge in [-0.25, -0.2) is 9.69 Å². The summed E-state index contributed by atoms with van der Waals surface area (Å²) in [7, 11) is 4.00. The Bertz CT molecular complexity index is 1550. The monoisotopic (exact) mass is 676 g/mol. The number of ether oxygens (including phenoxy) is 3. The summed E-state index contributed by atoms with van der Waals surface area (Å²) in [6.07, 6.45) is 7.47. The molecule has 2 aromatic heterocycles. The second-order valence-corrected chi connectivity index (χ2v) is 15.3. The second kappa shape index (κ2) is 16.2. The number of hydrogen-bond acceptors (Lipinski definition) is 7. The normalized spacial score (nSPS) is 22.3. The van der Waals surface area contributed by atoms with Crippen molar-refractivity contribution in [2.75, 3.05) is 19.9 Å². The number of alkyl carbamates (subject to hydrolysis) is 1. The van der Waals surface area contributed by atoms with Crippen LogP contribution in [0.15, 0.2) is 54.7 Å². The van der Waals surface area contributed by atoms with Gasteiger partial charge < -0.3 is 28.7 Å². The zero-order chi connectivity index (χ0) is 35.8. The molecule has 1 amide bonds. The van der Waals surface area contributed by atoms with Crippen LogP contribution in [-0.4, -0.2) is 69.6 Å². The van der Waals surface area contributed by atoms with Crippen molar-refractivity contribution in [2.45, 2.75) is 104 Å². The molecular weight excluding hydrogens is 620 g/mol. The van der Waals surface area contributed by atoms with E-state index in [1.807, 2.05) is 30.7 Å². The zero-order valence-corrected chi connectivity index (χ0v) is 30.7. The summed E-state index contributed by atoms with van der Waals surface area (Å²) in [6.45, 7) is 14.5. The van der Waals surface area contributed by atoms with Gasteiger partial charge >= 0.3 is 6.09 Å². The number of carbonyl (C=O) groups excluding carboxylic acids is 3. The van der Waals surface area contributed by atoms with E-state index in [9.17, 15) is 14.4 Å². The van der Waals surface area contributed by atoms with Gasteiger partial charge in [-0.05, 0) is 89.1 Å². The van der Waals surface area contributed by atoms with E-state index in [-0.39, 0.29) is 41.3 Å². The number of Topliss-reactive ketones (excluding diaryl/α,β-unsaturated/α-hetero) is 1. The maximum atomic E-state index is 12.6. The number of cyclic esters (lactones) is 1. The van der Waals surface area contributed by atoms with Crippen LogP contribution in [-0.2, 0) is 52.4 Å². The standard InChI is InChI=1S/C22H28N2O3.C17H28N2O3/c1-16-7-9-17(10-8-16)5-4-6-20(25)19-12-11-18(24(19)3)13-14-22(2)15-27-21(26)23-22;1-16(2,3)15-19(12-21-13-20)17(4,11-22-15)9-8-14-7-6-10-18(14)5/h7-12H,4-6,13-15H2,1-3H3,(H,23,26);6-7,10,13,15H,8-9,11-12H2,1-5H3/t22-;15-,17-/m11/s1. The van der Waals surface area contributed by atoms with Crippen LogP contribution >= 0.6 is 0 Å². The molecule has 3 aromatic rings. The molecule has 10 nitrogen and oxygen atoms in total. The molecule has 268 valence electrons. The van der Waals surface area contributed by atoms with Gasteiger partial charge in [0, 0.05) is 49.1 Å². The average molecular weight is 677 g/mol. The first-order valence-corrected chi connectivity index (χ1v) is 17.4. The largest absolute Gasteiger partial charge is 0.452 e.